The number of para-hydroxylation sites is 1. The van der Waals surface area contributed by atoms with E-state index in [4.69, 9.17) is 9.72 Å². The van der Waals surface area contributed by atoms with E-state index in [9.17, 15) is 14.9 Å². The van der Waals surface area contributed by atoms with Crippen LogP contribution in [0.5, 0.6) is 0 Å². The zero-order valence-electron chi connectivity index (χ0n) is 19.6. The molecule has 1 N–H and O–H groups in total. The molecule has 6 nitrogen and oxygen atoms in total. The van der Waals surface area contributed by atoms with Crippen LogP contribution < -0.4 is 5.32 Å². The molecular weight excluding hydrogens is 470 g/mol. The fourth-order valence-electron chi connectivity index (χ4n) is 5.32. The number of hydrogen-bond acceptors (Lipinski definition) is 6. The number of aryl methyl sites for hydroxylation is 2. The van der Waals surface area contributed by atoms with Crippen LogP contribution in [0.15, 0.2) is 48.5 Å². The minimum absolute atomic E-state index is 0.422. The summed E-state index contributed by atoms with van der Waals surface area (Å²) in [6, 6.07) is 18.0. The fourth-order valence-corrected chi connectivity index (χ4v) is 6.60. The number of thiophene rings is 1. The molecule has 178 valence electrons. The van der Waals surface area contributed by atoms with E-state index in [-0.39, 0.29) is 0 Å². The van der Waals surface area contributed by atoms with Gasteiger partial charge in [0.15, 0.2) is 6.61 Å². The number of amides is 1. The van der Waals surface area contributed by atoms with Gasteiger partial charge in [0.25, 0.3) is 5.91 Å². The number of rotatable bonds is 4. The summed E-state index contributed by atoms with van der Waals surface area (Å²) < 4.78 is 5.51. The molecule has 0 unspecified atom stereocenters. The van der Waals surface area contributed by atoms with Gasteiger partial charge in [-0.05, 0) is 66.8 Å². The number of carbonyl (C=O) groups excluding carboxylic acids is 2. The number of nitrogens with one attached hydrogen (secondary N) is 1. The summed E-state index contributed by atoms with van der Waals surface area (Å²) in [6.45, 7) is -0.422. The van der Waals surface area contributed by atoms with Gasteiger partial charge in [0, 0.05) is 16.0 Å². The highest BCUT2D eigenvalue weighted by Gasteiger charge is 2.27. The van der Waals surface area contributed by atoms with Gasteiger partial charge in [-0.25, -0.2) is 4.79 Å². The van der Waals surface area contributed by atoms with Crippen molar-refractivity contribution in [3.8, 4) is 16.5 Å². The topological polar surface area (TPSA) is 92.1 Å². The van der Waals surface area contributed by atoms with Crippen LogP contribution in [0.2, 0.25) is 0 Å². The monoisotopic (exact) mass is 493 g/mol. The number of pyridine rings is 1. The summed E-state index contributed by atoms with van der Waals surface area (Å²) in [6.07, 6.45) is 5.28. The summed E-state index contributed by atoms with van der Waals surface area (Å²) in [5, 5.41) is 13.9. The first kappa shape index (κ1) is 22.4. The highest BCUT2D eigenvalue weighted by atomic mass is 32.1. The van der Waals surface area contributed by atoms with E-state index >= 15 is 0 Å². The third-order valence-corrected chi connectivity index (χ3v) is 8.17. The molecule has 0 aliphatic heterocycles. The third kappa shape index (κ3) is 3.84. The van der Waals surface area contributed by atoms with E-state index in [1.807, 2.05) is 36.4 Å². The van der Waals surface area contributed by atoms with Crippen molar-refractivity contribution in [2.75, 3.05) is 11.9 Å². The summed E-state index contributed by atoms with van der Waals surface area (Å²) in [5.41, 5.74) is 6.99. The highest BCUT2D eigenvalue weighted by Crippen LogP contribution is 2.44. The van der Waals surface area contributed by atoms with Crippen LogP contribution >= 0.6 is 11.3 Å². The van der Waals surface area contributed by atoms with Gasteiger partial charge in [-0.1, -0.05) is 42.5 Å². The normalized spacial score (nSPS) is 13.8. The van der Waals surface area contributed by atoms with Crippen molar-refractivity contribution < 1.29 is 14.3 Å². The Balaban J connectivity index is 1.23. The van der Waals surface area contributed by atoms with Crippen LogP contribution in [-0.2, 0) is 35.2 Å². The number of aromatic nitrogens is 1. The molecule has 2 aliphatic rings. The molecular formula is C29H23N3O3S. The highest BCUT2D eigenvalue weighted by molar-refractivity contribution is 7.20. The van der Waals surface area contributed by atoms with Crippen molar-refractivity contribution in [1.82, 2.24) is 4.98 Å². The predicted octanol–water partition coefficient (Wildman–Crippen LogP) is 5.61. The summed E-state index contributed by atoms with van der Waals surface area (Å²) in [7, 11) is 0. The van der Waals surface area contributed by atoms with Gasteiger partial charge in [-0.2, -0.15) is 5.26 Å². The standard InChI is InChI=1S/C29H23N3O3S/c30-15-22-19-14-13-17-7-1-2-8-18(17)27(19)36-28(22)32-25(33)16-35-29(34)26-20-9-3-5-11-23(20)31-24-12-6-4-10-21(24)26/h1-3,5,7-9,11H,4,6,10,12-14,16H2,(H,32,33). The third-order valence-electron chi connectivity index (χ3n) is 6.99. The number of hydrogen-bond donors (Lipinski definition) is 1. The van der Waals surface area contributed by atoms with E-state index in [2.05, 4.69) is 23.5 Å². The van der Waals surface area contributed by atoms with Crippen molar-refractivity contribution in [3.05, 3.63) is 82.0 Å². The molecule has 0 saturated heterocycles. The zero-order valence-corrected chi connectivity index (χ0v) is 20.4. The molecule has 36 heavy (non-hydrogen) atoms. The second-order valence-corrected chi connectivity index (χ2v) is 10.2. The van der Waals surface area contributed by atoms with Crippen molar-refractivity contribution >= 4 is 39.1 Å². The molecule has 0 bridgehead atoms. The molecule has 2 aromatic carbocycles. The summed E-state index contributed by atoms with van der Waals surface area (Å²) in [4.78, 5) is 31.8. The molecule has 0 spiro atoms. The molecule has 2 aromatic heterocycles. The average molecular weight is 494 g/mol. The van der Waals surface area contributed by atoms with Gasteiger partial charge < -0.3 is 10.1 Å². The van der Waals surface area contributed by atoms with Gasteiger partial charge in [0.2, 0.25) is 0 Å². The Kier molecular flexibility index (Phi) is 5.74. The minimum atomic E-state index is -0.512. The SMILES string of the molecule is N#Cc1c(NC(=O)COC(=O)c2c3c(nc4ccccc24)CCCC3)sc2c1CCc1ccccc1-2. The number of nitriles is 1. The second-order valence-electron chi connectivity index (χ2n) is 9.14. The number of carbonyl (C=O) groups is 2. The maximum absolute atomic E-state index is 13.2. The van der Waals surface area contributed by atoms with Crippen LogP contribution in [0.3, 0.4) is 0 Å². The maximum atomic E-state index is 13.2. The quantitative estimate of drug-likeness (QED) is 0.373. The molecule has 0 atom stereocenters. The average Bonchev–Trinajstić information content (AvgIpc) is 3.27. The van der Waals surface area contributed by atoms with Crippen LogP contribution in [0.1, 0.15) is 51.1 Å². The lowest BCUT2D eigenvalue weighted by Crippen LogP contribution is -2.22. The molecule has 0 radical (unpaired) electrons. The van der Waals surface area contributed by atoms with Crippen molar-refractivity contribution in [3.63, 3.8) is 0 Å². The Bertz CT molecular complexity index is 1580. The Morgan fingerprint density at radius 1 is 1.00 bits per heavy atom. The van der Waals surface area contributed by atoms with Crippen molar-refractivity contribution in [2.24, 2.45) is 0 Å². The summed E-state index contributed by atoms with van der Waals surface area (Å²) >= 11 is 1.41. The van der Waals surface area contributed by atoms with Crippen LogP contribution in [-0.4, -0.2) is 23.5 Å². The number of fused-ring (bicyclic) bond motifs is 5. The Hall–Kier alpha value is -4.02. The second kappa shape index (κ2) is 9.21. The molecule has 4 aromatic rings. The van der Waals surface area contributed by atoms with Crippen LogP contribution in [0.4, 0.5) is 5.00 Å². The number of esters is 1. The van der Waals surface area contributed by atoms with E-state index in [1.165, 1.54) is 16.9 Å². The molecule has 6 rings (SSSR count). The van der Waals surface area contributed by atoms with Crippen molar-refractivity contribution in [2.45, 2.75) is 38.5 Å². The van der Waals surface area contributed by atoms with Gasteiger partial charge in [-0.3, -0.25) is 9.78 Å². The smallest absolute Gasteiger partial charge is 0.339 e. The van der Waals surface area contributed by atoms with E-state index in [1.54, 1.807) is 0 Å². The number of nitrogens with zero attached hydrogens (tertiary/aromatic N) is 2. The minimum Gasteiger partial charge on any atom is -0.452 e. The lowest BCUT2D eigenvalue weighted by Gasteiger charge is -2.19. The first-order valence-electron chi connectivity index (χ1n) is 12.2. The summed E-state index contributed by atoms with van der Waals surface area (Å²) in [5.74, 6) is -0.972. The maximum Gasteiger partial charge on any atom is 0.339 e. The first-order valence-corrected chi connectivity index (χ1v) is 13.0. The van der Waals surface area contributed by atoms with E-state index in [0.29, 0.717) is 16.1 Å². The molecule has 7 heteroatoms. The molecule has 2 aliphatic carbocycles. The molecule has 0 fully saturated rings. The lowest BCUT2D eigenvalue weighted by atomic mass is 9.90. The van der Waals surface area contributed by atoms with E-state index < -0.39 is 18.5 Å². The van der Waals surface area contributed by atoms with Gasteiger partial charge in [0.05, 0.1) is 16.6 Å². The van der Waals surface area contributed by atoms with Crippen LogP contribution in [0, 0.1) is 11.3 Å². The molecule has 2 heterocycles. The van der Waals surface area contributed by atoms with Gasteiger partial charge in [0.1, 0.15) is 11.1 Å². The Morgan fingerprint density at radius 3 is 2.69 bits per heavy atom. The fraction of sp³-hybridized carbons (Fsp3) is 0.241. The number of ether oxygens (including phenoxy) is 1. The zero-order chi connectivity index (χ0) is 24.6. The Morgan fingerprint density at radius 2 is 1.81 bits per heavy atom. The molecule has 1 amide bonds. The number of anilines is 1. The first-order chi connectivity index (χ1) is 17.6. The lowest BCUT2D eigenvalue weighted by molar-refractivity contribution is -0.119. The number of benzene rings is 2. The van der Waals surface area contributed by atoms with E-state index in [0.717, 1.165) is 76.7 Å². The predicted molar refractivity (Wildman–Crippen MR) is 139 cm³/mol. The largest absolute Gasteiger partial charge is 0.452 e. The van der Waals surface area contributed by atoms with Crippen molar-refractivity contribution in [1.29, 1.82) is 5.26 Å². The van der Waals surface area contributed by atoms with Gasteiger partial charge in [-0.15, -0.1) is 11.3 Å². The molecule has 0 saturated carbocycles. The van der Waals surface area contributed by atoms with Crippen LogP contribution in [0.25, 0.3) is 21.3 Å². The Labute approximate surface area is 212 Å². The van der Waals surface area contributed by atoms with Gasteiger partial charge >= 0.3 is 5.97 Å².